The number of hydrogen-bond acceptors (Lipinski definition) is 7. The Morgan fingerprint density at radius 2 is 1.77 bits per heavy atom. The Morgan fingerprint density at radius 1 is 1.08 bits per heavy atom. The predicted octanol–water partition coefficient (Wildman–Crippen LogP) is 6.84. The van der Waals surface area contributed by atoms with Crippen LogP contribution in [-0.2, 0) is 15.8 Å². The highest BCUT2D eigenvalue weighted by Crippen LogP contribution is 2.40. The van der Waals surface area contributed by atoms with Crippen LogP contribution < -0.4 is 10.1 Å². The Balaban J connectivity index is 1.56. The summed E-state index contributed by atoms with van der Waals surface area (Å²) in [5.74, 6) is -1.82. The lowest BCUT2D eigenvalue weighted by molar-refractivity contribution is -0.385. The Kier molecular flexibility index (Phi) is 8.06. The van der Waals surface area contributed by atoms with Gasteiger partial charge in [-0.3, -0.25) is 29.4 Å². The van der Waals surface area contributed by atoms with E-state index in [0.29, 0.717) is 34.1 Å². The number of halogens is 4. The SMILES string of the molecule is O=C(CN1C(=O)S/C(=C/c2ccccc2Oc2ccc(C(F)(F)F)cc2[N+](=O)[O-])C1=O)Nc1ccccc1Br. The summed E-state index contributed by atoms with van der Waals surface area (Å²) in [6.45, 7) is -0.542. The first-order valence-electron chi connectivity index (χ1n) is 10.9. The van der Waals surface area contributed by atoms with Crippen LogP contribution in [-0.4, -0.2) is 33.4 Å². The van der Waals surface area contributed by atoms with E-state index in [2.05, 4.69) is 21.2 Å². The van der Waals surface area contributed by atoms with Crippen molar-refractivity contribution in [2.75, 3.05) is 11.9 Å². The highest BCUT2D eigenvalue weighted by Gasteiger charge is 2.37. The average molecular weight is 622 g/mol. The van der Waals surface area contributed by atoms with E-state index >= 15 is 0 Å². The van der Waals surface area contributed by atoms with Crippen LogP contribution in [0.3, 0.4) is 0 Å². The first-order valence-corrected chi connectivity index (χ1v) is 12.5. The molecule has 200 valence electrons. The largest absolute Gasteiger partial charge is 0.449 e. The standard InChI is InChI=1S/C25H15BrF3N3O6S/c26-16-6-2-3-7-17(16)30-22(33)13-31-23(34)21(39-24(31)35)11-14-5-1-4-8-19(14)38-20-10-9-15(25(27,28)29)12-18(20)32(36)37/h1-12H,13H2,(H,30,33)/b21-11+. The molecule has 1 heterocycles. The van der Waals surface area contributed by atoms with Gasteiger partial charge in [0.2, 0.25) is 11.7 Å². The highest BCUT2D eigenvalue weighted by atomic mass is 79.9. The van der Waals surface area contributed by atoms with Gasteiger partial charge in [0.05, 0.1) is 21.1 Å². The number of nitrogens with one attached hydrogen (secondary N) is 1. The number of hydrogen-bond donors (Lipinski definition) is 1. The van der Waals surface area contributed by atoms with Crippen molar-refractivity contribution in [3.8, 4) is 11.5 Å². The molecular formula is C25H15BrF3N3O6S. The number of alkyl halides is 3. The second-order valence-corrected chi connectivity index (χ2v) is 9.72. The van der Waals surface area contributed by atoms with Crippen LogP contribution >= 0.6 is 27.7 Å². The fourth-order valence-corrected chi connectivity index (χ4v) is 4.62. The third-order valence-corrected chi connectivity index (χ3v) is 6.83. The maximum atomic E-state index is 13.0. The van der Waals surface area contributed by atoms with Crippen LogP contribution in [0.2, 0.25) is 0 Å². The number of carbonyl (C=O) groups is 3. The first kappa shape index (κ1) is 27.9. The number of nitro groups is 1. The number of rotatable bonds is 7. The number of benzene rings is 3. The molecule has 1 N–H and O–H groups in total. The minimum absolute atomic E-state index is 0.0150. The number of amides is 3. The summed E-state index contributed by atoms with van der Waals surface area (Å²) in [4.78, 5) is 49.0. The lowest BCUT2D eigenvalue weighted by Gasteiger charge is -2.13. The van der Waals surface area contributed by atoms with Crippen LogP contribution in [0.1, 0.15) is 11.1 Å². The van der Waals surface area contributed by atoms with Crippen molar-refractivity contribution in [3.05, 3.63) is 97.3 Å². The van der Waals surface area contributed by atoms with Crippen molar-refractivity contribution in [3.63, 3.8) is 0 Å². The smallest absolute Gasteiger partial charge is 0.416 e. The molecule has 1 aliphatic rings. The van der Waals surface area contributed by atoms with E-state index in [1.54, 1.807) is 30.3 Å². The molecular weight excluding hydrogens is 607 g/mol. The molecule has 0 radical (unpaired) electrons. The number of carbonyl (C=O) groups excluding carboxylic acids is 3. The minimum atomic E-state index is -4.79. The van der Waals surface area contributed by atoms with Gasteiger partial charge in [-0.05, 0) is 64.1 Å². The van der Waals surface area contributed by atoms with Crippen molar-refractivity contribution in [1.82, 2.24) is 4.90 Å². The van der Waals surface area contributed by atoms with Crippen molar-refractivity contribution < 1.29 is 37.2 Å². The maximum absolute atomic E-state index is 13.0. The van der Waals surface area contributed by atoms with Crippen molar-refractivity contribution in [2.24, 2.45) is 0 Å². The average Bonchev–Trinajstić information content (AvgIpc) is 3.13. The molecule has 0 saturated carbocycles. The second-order valence-electron chi connectivity index (χ2n) is 7.87. The Morgan fingerprint density at radius 3 is 2.46 bits per heavy atom. The van der Waals surface area contributed by atoms with Gasteiger partial charge in [-0.15, -0.1) is 0 Å². The molecule has 39 heavy (non-hydrogen) atoms. The molecule has 0 atom stereocenters. The van der Waals surface area contributed by atoms with E-state index in [4.69, 9.17) is 4.74 Å². The molecule has 9 nitrogen and oxygen atoms in total. The summed E-state index contributed by atoms with van der Waals surface area (Å²) in [5, 5.41) is 13.3. The van der Waals surface area contributed by atoms with Gasteiger partial charge < -0.3 is 10.1 Å². The van der Waals surface area contributed by atoms with E-state index in [9.17, 15) is 37.7 Å². The molecule has 3 aromatic carbocycles. The van der Waals surface area contributed by atoms with Gasteiger partial charge in [-0.25, -0.2) is 0 Å². The number of nitro benzene ring substituents is 1. The van der Waals surface area contributed by atoms with Gasteiger partial charge in [0.1, 0.15) is 12.3 Å². The van der Waals surface area contributed by atoms with Gasteiger partial charge in [-0.1, -0.05) is 30.3 Å². The molecule has 0 spiro atoms. The summed E-state index contributed by atoms with van der Waals surface area (Å²) in [6, 6.07) is 14.6. The Labute approximate surface area is 230 Å². The second kappa shape index (κ2) is 11.3. The van der Waals surface area contributed by atoms with Crippen molar-refractivity contribution >= 4 is 62.2 Å². The fraction of sp³-hybridized carbons (Fsp3) is 0.0800. The normalized spacial score (nSPS) is 14.6. The van der Waals surface area contributed by atoms with Crippen LogP contribution in [0.5, 0.6) is 11.5 Å². The summed E-state index contributed by atoms with van der Waals surface area (Å²) in [7, 11) is 0. The number of para-hydroxylation sites is 2. The number of imide groups is 1. The van der Waals surface area contributed by atoms with Gasteiger partial charge in [-0.2, -0.15) is 13.2 Å². The number of nitrogens with zero attached hydrogens (tertiary/aromatic N) is 2. The summed E-state index contributed by atoms with van der Waals surface area (Å²) >= 11 is 3.86. The predicted molar refractivity (Wildman–Crippen MR) is 140 cm³/mol. The van der Waals surface area contributed by atoms with Crippen LogP contribution in [0, 0.1) is 10.1 Å². The van der Waals surface area contributed by atoms with Crippen molar-refractivity contribution in [1.29, 1.82) is 0 Å². The zero-order chi connectivity index (χ0) is 28.3. The first-order chi connectivity index (χ1) is 18.4. The lowest BCUT2D eigenvalue weighted by atomic mass is 10.1. The molecule has 4 rings (SSSR count). The third kappa shape index (κ3) is 6.46. The molecule has 1 aliphatic heterocycles. The quantitative estimate of drug-likeness (QED) is 0.174. The van der Waals surface area contributed by atoms with Crippen molar-refractivity contribution in [2.45, 2.75) is 6.18 Å². The van der Waals surface area contributed by atoms with E-state index in [0.717, 1.165) is 11.0 Å². The van der Waals surface area contributed by atoms with E-state index in [-0.39, 0.29) is 16.2 Å². The summed E-state index contributed by atoms with van der Waals surface area (Å²) in [6.07, 6.45) is -3.50. The number of ether oxygens (including phenoxy) is 1. The van der Waals surface area contributed by atoms with Gasteiger partial charge in [0, 0.05) is 16.1 Å². The Bertz CT molecular complexity index is 1530. The lowest BCUT2D eigenvalue weighted by Crippen LogP contribution is -2.36. The van der Waals surface area contributed by atoms with Gasteiger partial charge >= 0.3 is 11.9 Å². The molecule has 1 saturated heterocycles. The van der Waals surface area contributed by atoms with E-state index in [1.807, 2.05) is 0 Å². The molecule has 3 amide bonds. The molecule has 0 aliphatic carbocycles. The minimum Gasteiger partial charge on any atom is -0.449 e. The summed E-state index contributed by atoms with van der Waals surface area (Å²) in [5.41, 5.74) is -1.45. The topological polar surface area (TPSA) is 119 Å². The van der Waals surface area contributed by atoms with Gasteiger partial charge in [0.15, 0.2) is 0 Å². The molecule has 14 heteroatoms. The molecule has 0 aromatic heterocycles. The molecule has 3 aromatic rings. The number of thioether (sulfide) groups is 1. The zero-order valence-corrected chi connectivity index (χ0v) is 21.8. The molecule has 1 fully saturated rings. The van der Waals surface area contributed by atoms with Crippen LogP contribution in [0.15, 0.2) is 76.1 Å². The highest BCUT2D eigenvalue weighted by molar-refractivity contribution is 9.10. The van der Waals surface area contributed by atoms with E-state index in [1.165, 1.54) is 24.3 Å². The monoisotopic (exact) mass is 621 g/mol. The summed E-state index contributed by atoms with van der Waals surface area (Å²) < 4.78 is 45.2. The third-order valence-electron chi connectivity index (χ3n) is 5.23. The Hall–Kier alpha value is -4.17. The maximum Gasteiger partial charge on any atom is 0.416 e. The fourth-order valence-electron chi connectivity index (χ4n) is 3.41. The van der Waals surface area contributed by atoms with Gasteiger partial charge in [0.25, 0.3) is 11.1 Å². The van der Waals surface area contributed by atoms with Crippen LogP contribution in [0.25, 0.3) is 6.08 Å². The zero-order valence-electron chi connectivity index (χ0n) is 19.4. The van der Waals surface area contributed by atoms with E-state index < -0.39 is 51.7 Å². The molecule has 0 bridgehead atoms. The van der Waals surface area contributed by atoms with Crippen LogP contribution in [0.4, 0.5) is 29.3 Å². The molecule has 0 unspecified atom stereocenters. The number of anilines is 1.